The van der Waals surface area contributed by atoms with Gasteiger partial charge in [-0.1, -0.05) is 58.9 Å². The van der Waals surface area contributed by atoms with Crippen molar-refractivity contribution in [3.05, 3.63) is 59.7 Å². The Kier molecular flexibility index (Phi) is 5.14. The number of nitrogens with one attached hydrogen (secondary N) is 1. The summed E-state index contributed by atoms with van der Waals surface area (Å²) in [6.07, 6.45) is 4.56. The lowest BCUT2D eigenvalue weighted by molar-refractivity contribution is 0.0920. The van der Waals surface area contributed by atoms with E-state index >= 15 is 0 Å². The van der Waals surface area contributed by atoms with Crippen molar-refractivity contribution >= 4 is 5.91 Å². The molecule has 2 aromatic rings. The van der Waals surface area contributed by atoms with Crippen LogP contribution < -0.4 is 5.32 Å². The molecule has 4 heteroatoms. The molecule has 0 aliphatic rings. The van der Waals surface area contributed by atoms with E-state index in [4.69, 9.17) is 0 Å². The van der Waals surface area contributed by atoms with E-state index in [-0.39, 0.29) is 23.3 Å². The molecule has 1 atom stereocenters. The topological polar surface area (TPSA) is 54.9 Å². The molecular weight excluding hydrogens is 286 g/mol. The molecule has 2 rings (SSSR count). The van der Waals surface area contributed by atoms with E-state index in [0.29, 0.717) is 5.69 Å². The first kappa shape index (κ1) is 17.1. The van der Waals surface area contributed by atoms with Crippen molar-refractivity contribution in [2.24, 2.45) is 5.92 Å². The lowest BCUT2D eigenvalue weighted by atomic mass is 9.85. The van der Waals surface area contributed by atoms with Crippen LogP contribution >= 0.6 is 0 Å². The second-order valence-corrected chi connectivity index (χ2v) is 7.16. The third-order valence-corrected chi connectivity index (χ3v) is 3.88. The van der Waals surface area contributed by atoms with Gasteiger partial charge < -0.3 is 5.32 Å². The predicted molar refractivity (Wildman–Crippen MR) is 92.2 cm³/mol. The second kappa shape index (κ2) is 6.90. The van der Waals surface area contributed by atoms with E-state index in [0.717, 1.165) is 5.56 Å². The maximum absolute atomic E-state index is 12.3. The monoisotopic (exact) mass is 311 g/mol. The van der Waals surface area contributed by atoms with Gasteiger partial charge in [-0.2, -0.15) is 0 Å². The molecular formula is C19H25N3O. The SMILES string of the molecule is CC(C)C(NC(=O)c1cnccn1)c1ccc(C(C)(C)C)cc1. The zero-order valence-electron chi connectivity index (χ0n) is 14.5. The smallest absolute Gasteiger partial charge is 0.271 e. The summed E-state index contributed by atoms with van der Waals surface area (Å²) in [4.78, 5) is 20.3. The van der Waals surface area contributed by atoms with E-state index in [1.165, 1.54) is 18.0 Å². The highest BCUT2D eigenvalue weighted by Gasteiger charge is 2.21. The highest BCUT2D eigenvalue weighted by Crippen LogP contribution is 2.26. The molecule has 23 heavy (non-hydrogen) atoms. The third-order valence-electron chi connectivity index (χ3n) is 3.88. The van der Waals surface area contributed by atoms with Crippen LogP contribution in [0, 0.1) is 5.92 Å². The van der Waals surface area contributed by atoms with Crippen LogP contribution in [0.4, 0.5) is 0 Å². The summed E-state index contributed by atoms with van der Waals surface area (Å²) in [5.41, 5.74) is 2.84. The number of carbonyl (C=O) groups is 1. The normalized spacial score (nSPS) is 13.0. The number of hydrogen-bond acceptors (Lipinski definition) is 3. The Morgan fingerprint density at radius 1 is 1.09 bits per heavy atom. The highest BCUT2D eigenvalue weighted by atomic mass is 16.1. The average molecular weight is 311 g/mol. The summed E-state index contributed by atoms with van der Waals surface area (Å²) in [5, 5.41) is 3.07. The van der Waals surface area contributed by atoms with Gasteiger partial charge in [0.25, 0.3) is 5.91 Å². The first-order valence-electron chi connectivity index (χ1n) is 7.96. The number of carbonyl (C=O) groups excluding carboxylic acids is 1. The van der Waals surface area contributed by atoms with Crippen LogP contribution in [0.25, 0.3) is 0 Å². The summed E-state index contributed by atoms with van der Waals surface area (Å²) in [7, 11) is 0. The quantitative estimate of drug-likeness (QED) is 0.931. The minimum absolute atomic E-state index is 0.0569. The second-order valence-electron chi connectivity index (χ2n) is 7.16. The van der Waals surface area contributed by atoms with Gasteiger partial charge in [-0.25, -0.2) is 4.98 Å². The Balaban J connectivity index is 2.20. The molecule has 1 unspecified atom stereocenters. The van der Waals surface area contributed by atoms with Crippen LogP contribution in [0.15, 0.2) is 42.9 Å². The largest absolute Gasteiger partial charge is 0.344 e. The lowest BCUT2D eigenvalue weighted by Gasteiger charge is -2.24. The Morgan fingerprint density at radius 3 is 2.22 bits per heavy atom. The van der Waals surface area contributed by atoms with Gasteiger partial charge in [0.05, 0.1) is 12.2 Å². The molecule has 1 aromatic heterocycles. The van der Waals surface area contributed by atoms with Gasteiger partial charge in [0.1, 0.15) is 5.69 Å². The standard InChI is InChI=1S/C19H25N3O/c1-13(2)17(22-18(23)16-12-20-10-11-21-16)14-6-8-15(9-7-14)19(3,4)5/h6-13,17H,1-5H3,(H,22,23). The Bertz CT molecular complexity index is 643. The van der Waals surface area contributed by atoms with Crippen molar-refractivity contribution in [2.75, 3.05) is 0 Å². The molecule has 1 aromatic carbocycles. The van der Waals surface area contributed by atoms with Gasteiger partial charge in [-0.3, -0.25) is 9.78 Å². The average Bonchev–Trinajstić information content (AvgIpc) is 2.52. The van der Waals surface area contributed by atoms with Crippen LogP contribution in [-0.2, 0) is 5.41 Å². The molecule has 1 amide bonds. The Morgan fingerprint density at radius 2 is 1.74 bits per heavy atom. The van der Waals surface area contributed by atoms with E-state index in [1.54, 1.807) is 6.20 Å². The summed E-state index contributed by atoms with van der Waals surface area (Å²) < 4.78 is 0. The van der Waals surface area contributed by atoms with Crippen molar-refractivity contribution in [1.29, 1.82) is 0 Å². The van der Waals surface area contributed by atoms with Crippen LogP contribution in [-0.4, -0.2) is 15.9 Å². The molecule has 1 heterocycles. The number of amides is 1. The van der Waals surface area contributed by atoms with Gasteiger partial charge in [0.15, 0.2) is 0 Å². The minimum atomic E-state index is -0.198. The lowest BCUT2D eigenvalue weighted by Crippen LogP contribution is -2.32. The van der Waals surface area contributed by atoms with Crippen molar-refractivity contribution in [1.82, 2.24) is 15.3 Å². The molecule has 0 aliphatic carbocycles. The van der Waals surface area contributed by atoms with Crippen molar-refractivity contribution in [3.8, 4) is 0 Å². The number of benzene rings is 1. The van der Waals surface area contributed by atoms with Gasteiger partial charge in [0.2, 0.25) is 0 Å². The zero-order valence-corrected chi connectivity index (χ0v) is 14.5. The van der Waals surface area contributed by atoms with Gasteiger partial charge in [-0.15, -0.1) is 0 Å². The number of nitrogens with zero attached hydrogens (tertiary/aromatic N) is 2. The Labute approximate surface area is 138 Å². The molecule has 1 N–H and O–H groups in total. The molecule has 0 aliphatic heterocycles. The van der Waals surface area contributed by atoms with Crippen LogP contribution in [0.5, 0.6) is 0 Å². The third kappa shape index (κ3) is 4.38. The molecule has 0 saturated carbocycles. The Hall–Kier alpha value is -2.23. The van der Waals surface area contributed by atoms with Gasteiger partial charge in [-0.05, 0) is 22.5 Å². The molecule has 0 radical (unpaired) electrons. The van der Waals surface area contributed by atoms with E-state index in [2.05, 4.69) is 74.2 Å². The van der Waals surface area contributed by atoms with Crippen LogP contribution in [0.3, 0.4) is 0 Å². The molecule has 0 saturated heterocycles. The molecule has 0 fully saturated rings. The van der Waals surface area contributed by atoms with Crippen molar-refractivity contribution < 1.29 is 4.79 Å². The summed E-state index contributed by atoms with van der Waals surface area (Å²) in [6, 6.07) is 8.42. The highest BCUT2D eigenvalue weighted by molar-refractivity contribution is 5.92. The first-order valence-corrected chi connectivity index (χ1v) is 7.96. The van der Waals surface area contributed by atoms with E-state index < -0.39 is 0 Å². The summed E-state index contributed by atoms with van der Waals surface area (Å²) >= 11 is 0. The van der Waals surface area contributed by atoms with Crippen LogP contribution in [0.1, 0.15) is 62.3 Å². The molecule has 0 bridgehead atoms. The maximum atomic E-state index is 12.3. The van der Waals surface area contributed by atoms with Gasteiger partial charge in [0, 0.05) is 12.4 Å². The van der Waals surface area contributed by atoms with Crippen LogP contribution in [0.2, 0.25) is 0 Å². The molecule has 0 spiro atoms. The van der Waals surface area contributed by atoms with Gasteiger partial charge >= 0.3 is 0 Å². The maximum Gasteiger partial charge on any atom is 0.271 e. The number of hydrogen-bond donors (Lipinski definition) is 1. The number of rotatable bonds is 4. The van der Waals surface area contributed by atoms with E-state index in [9.17, 15) is 4.79 Å². The van der Waals surface area contributed by atoms with E-state index in [1.807, 2.05) is 0 Å². The molecule has 4 nitrogen and oxygen atoms in total. The zero-order chi connectivity index (χ0) is 17.0. The number of aromatic nitrogens is 2. The minimum Gasteiger partial charge on any atom is -0.344 e. The fourth-order valence-corrected chi connectivity index (χ4v) is 2.46. The fraction of sp³-hybridized carbons (Fsp3) is 0.421. The molecule has 122 valence electrons. The summed E-state index contributed by atoms with van der Waals surface area (Å²) in [6.45, 7) is 10.8. The van der Waals surface area contributed by atoms with Crippen molar-refractivity contribution in [2.45, 2.75) is 46.1 Å². The fourth-order valence-electron chi connectivity index (χ4n) is 2.46. The predicted octanol–water partition coefficient (Wildman–Crippen LogP) is 3.90. The van der Waals surface area contributed by atoms with Crippen molar-refractivity contribution in [3.63, 3.8) is 0 Å². The summed E-state index contributed by atoms with van der Waals surface area (Å²) in [5.74, 6) is 0.0767. The first-order chi connectivity index (χ1) is 10.8.